The summed E-state index contributed by atoms with van der Waals surface area (Å²) in [4.78, 5) is 0. The van der Waals surface area contributed by atoms with Gasteiger partial charge in [0.15, 0.2) is 5.92 Å². The zero-order valence-corrected chi connectivity index (χ0v) is 9.28. The van der Waals surface area contributed by atoms with Gasteiger partial charge in [0, 0.05) is 0 Å². The summed E-state index contributed by atoms with van der Waals surface area (Å²) < 4.78 is 0. The van der Waals surface area contributed by atoms with Crippen molar-refractivity contribution in [3.8, 4) is 12.1 Å². The molecule has 1 aromatic rings. The van der Waals surface area contributed by atoms with Gasteiger partial charge in [-0.1, -0.05) is 45.0 Å². The maximum atomic E-state index is 8.80. The summed E-state index contributed by atoms with van der Waals surface area (Å²) in [6.07, 6.45) is 0. The molecule has 0 saturated carbocycles. The molecule has 0 aliphatic heterocycles. The molecule has 1 aromatic carbocycles. The van der Waals surface area contributed by atoms with Crippen LogP contribution in [0.1, 0.15) is 37.8 Å². The molecule has 2 heteroatoms. The summed E-state index contributed by atoms with van der Waals surface area (Å²) >= 11 is 0. The van der Waals surface area contributed by atoms with Gasteiger partial charge in [-0.05, 0) is 16.5 Å². The highest BCUT2D eigenvalue weighted by atomic mass is 14.3. The van der Waals surface area contributed by atoms with Gasteiger partial charge in [0.25, 0.3) is 0 Å². The first kappa shape index (κ1) is 11.3. The fraction of sp³-hybridized carbons (Fsp3) is 0.385. The molecule has 0 atom stereocenters. The Morgan fingerprint density at radius 2 is 1.73 bits per heavy atom. The van der Waals surface area contributed by atoms with E-state index in [2.05, 4.69) is 20.8 Å². The van der Waals surface area contributed by atoms with Crippen LogP contribution in [0.3, 0.4) is 0 Å². The molecule has 0 aliphatic carbocycles. The third-order valence-corrected chi connectivity index (χ3v) is 2.34. The molecule has 1 rings (SSSR count). The Labute approximate surface area is 90.8 Å². The van der Waals surface area contributed by atoms with Crippen LogP contribution in [0.5, 0.6) is 0 Å². The molecule has 0 aliphatic rings. The lowest BCUT2D eigenvalue weighted by atomic mass is 9.85. The monoisotopic (exact) mass is 198 g/mol. The Hall–Kier alpha value is -1.80. The maximum absolute atomic E-state index is 8.80. The molecule has 0 amide bonds. The third-order valence-electron chi connectivity index (χ3n) is 2.34. The van der Waals surface area contributed by atoms with Crippen molar-refractivity contribution < 1.29 is 0 Å². The number of nitriles is 2. The summed E-state index contributed by atoms with van der Waals surface area (Å²) in [5, 5.41) is 17.6. The van der Waals surface area contributed by atoms with Gasteiger partial charge in [0.05, 0.1) is 12.1 Å². The second-order valence-electron chi connectivity index (χ2n) is 4.57. The fourth-order valence-corrected chi connectivity index (χ4v) is 1.36. The Bertz CT molecular complexity index is 413. The van der Waals surface area contributed by atoms with Gasteiger partial charge < -0.3 is 0 Å². The molecule has 0 aromatic heterocycles. The Balaban J connectivity index is 3.16. The van der Waals surface area contributed by atoms with Gasteiger partial charge in [0.1, 0.15) is 0 Å². The van der Waals surface area contributed by atoms with E-state index in [-0.39, 0.29) is 5.41 Å². The second-order valence-corrected chi connectivity index (χ2v) is 4.57. The predicted octanol–water partition coefficient (Wildman–Crippen LogP) is 3.11. The molecule has 0 radical (unpaired) electrons. The largest absolute Gasteiger partial charge is 0.196 e. The van der Waals surface area contributed by atoms with Crippen LogP contribution in [0, 0.1) is 22.7 Å². The Kier molecular flexibility index (Phi) is 3.12. The first-order valence-corrected chi connectivity index (χ1v) is 4.88. The van der Waals surface area contributed by atoms with Gasteiger partial charge in [-0.15, -0.1) is 0 Å². The molecule has 0 unspecified atom stereocenters. The zero-order valence-electron chi connectivity index (χ0n) is 9.28. The van der Waals surface area contributed by atoms with E-state index >= 15 is 0 Å². The van der Waals surface area contributed by atoms with Crippen LogP contribution in [0.15, 0.2) is 24.3 Å². The number of rotatable bonds is 1. The molecular weight excluding hydrogens is 184 g/mol. The number of benzene rings is 1. The highest BCUT2D eigenvalue weighted by Gasteiger charge is 2.16. The average molecular weight is 198 g/mol. The molecule has 0 N–H and O–H groups in total. The van der Waals surface area contributed by atoms with Crippen molar-refractivity contribution in [3.63, 3.8) is 0 Å². The molecule has 0 spiro atoms. The molecule has 0 bridgehead atoms. The van der Waals surface area contributed by atoms with Crippen LogP contribution in [-0.2, 0) is 5.41 Å². The lowest BCUT2D eigenvalue weighted by Gasteiger charge is -2.19. The molecule has 0 heterocycles. The molecule has 0 saturated heterocycles. The smallest absolute Gasteiger partial charge is 0.158 e. The number of hydrogen-bond donors (Lipinski definition) is 0. The third kappa shape index (κ3) is 2.58. The minimum atomic E-state index is -0.660. The lowest BCUT2D eigenvalue weighted by molar-refractivity contribution is 0.589. The normalized spacial score (nSPS) is 10.8. The Morgan fingerprint density at radius 3 is 2.20 bits per heavy atom. The van der Waals surface area contributed by atoms with Crippen molar-refractivity contribution in [1.82, 2.24) is 0 Å². The lowest BCUT2D eigenvalue weighted by Crippen LogP contribution is -2.11. The topological polar surface area (TPSA) is 47.6 Å². The van der Waals surface area contributed by atoms with E-state index < -0.39 is 5.92 Å². The summed E-state index contributed by atoms with van der Waals surface area (Å²) in [6, 6.07) is 11.7. The summed E-state index contributed by atoms with van der Waals surface area (Å²) in [5.74, 6) is -0.660. The van der Waals surface area contributed by atoms with E-state index in [0.717, 1.165) is 11.1 Å². The van der Waals surface area contributed by atoms with Gasteiger partial charge in [-0.3, -0.25) is 0 Å². The van der Waals surface area contributed by atoms with Crippen molar-refractivity contribution in [3.05, 3.63) is 35.4 Å². The van der Waals surface area contributed by atoms with E-state index in [1.54, 1.807) is 0 Å². The van der Waals surface area contributed by atoms with Crippen molar-refractivity contribution in [2.75, 3.05) is 0 Å². The van der Waals surface area contributed by atoms with E-state index in [1.165, 1.54) is 0 Å². The van der Waals surface area contributed by atoms with Crippen LogP contribution >= 0.6 is 0 Å². The summed E-state index contributed by atoms with van der Waals surface area (Å²) in [5.41, 5.74) is 1.98. The van der Waals surface area contributed by atoms with Crippen molar-refractivity contribution in [2.45, 2.75) is 32.1 Å². The van der Waals surface area contributed by atoms with Crippen LogP contribution in [0.25, 0.3) is 0 Å². The molecule has 76 valence electrons. The Morgan fingerprint density at radius 1 is 1.13 bits per heavy atom. The minimum Gasteiger partial charge on any atom is -0.196 e. The van der Waals surface area contributed by atoms with E-state index in [1.807, 2.05) is 36.4 Å². The number of hydrogen-bond acceptors (Lipinski definition) is 2. The van der Waals surface area contributed by atoms with Crippen molar-refractivity contribution in [1.29, 1.82) is 10.5 Å². The SMILES string of the molecule is CC(C)(C)c1cccc(C(C#N)C#N)c1. The van der Waals surface area contributed by atoms with Gasteiger partial charge in [0.2, 0.25) is 0 Å². The van der Waals surface area contributed by atoms with E-state index in [0.29, 0.717) is 0 Å². The van der Waals surface area contributed by atoms with Crippen molar-refractivity contribution in [2.24, 2.45) is 0 Å². The van der Waals surface area contributed by atoms with Crippen LogP contribution in [0.4, 0.5) is 0 Å². The summed E-state index contributed by atoms with van der Waals surface area (Å²) in [7, 11) is 0. The minimum absolute atomic E-state index is 0.0471. The van der Waals surface area contributed by atoms with E-state index in [9.17, 15) is 0 Å². The number of nitrogens with zero attached hydrogens (tertiary/aromatic N) is 2. The quantitative estimate of drug-likeness (QED) is 0.696. The maximum Gasteiger partial charge on any atom is 0.158 e. The fourth-order valence-electron chi connectivity index (χ4n) is 1.36. The molecular formula is C13H14N2. The predicted molar refractivity (Wildman–Crippen MR) is 59.1 cm³/mol. The highest BCUT2D eigenvalue weighted by Crippen LogP contribution is 2.25. The highest BCUT2D eigenvalue weighted by molar-refractivity contribution is 5.36. The van der Waals surface area contributed by atoms with Crippen molar-refractivity contribution >= 4 is 0 Å². The molecule has 0 fully saturated rings. The average Bonchev–Trinajstić information content (AvgIpc) is 2.19. The van der Waals surface area contributed by atoms with Crippen LogP contribution in [-0.4, -0.2) is 0 Å². The van der Waals surface area contributed by atoms with Crippen LogP contribution in [0.2, 0.25) is 0 Å². The van der Waals surface area contributed by atoms with Gasteiger partial charge >= 0.3 is 0 Å². The molecule has 15 heavy (non-hydrogen) atoms. The van der Waals surface area contributed by atoms with E-state index in [4.69, 9.17) is 10.5 Å². The van der Waals surface area contributed by atoms with Gasteiger partial charge in [-0.2, -0.15) is 10.5 Å². The zero-order chi connectivity index (χ0) is 11.5. The second kappa shape index (κ2) is 4.15. The molecule has 2 nitrogen and oxygen atoms in total. The standard InChI is InChI=1S/C13H14N2/c1-13(2,3)12-6-4-5-10(7-12)11(8-14)9-15/h4-7,11H,1-3H3. The first-order valence-electron chi connectivity index (χ1n) is 4.88. The summed E-state index contributed by atoms with van der Waals surface area (Å²) in [6.45, 7) is 6.33. The van der Waals surface area contributed by atoms with Gasteiger partial charge in [-0.25, -0.2) is 0 Å². The van der Waals surface area contributed by atoms with Crippen LogP contribution < -0.4 is 0 Å². The first-order chi connectivity index (χ1) is 6.99.